The Morgan fingerprint density at radius 2 is 2.00 bits per heavy atom. The third kappa shape index (κ3) is 2.22. The van der Waals surface area contributed by atoms with Gasteiger partial charge in [-0.25, -0.2) is 0 Å². The van der Waals surface area contributed by atoms with E-state index in [4.69, 9.17) is 5.73 Å². The number of hydrogen-bond acceptors (Lipinski definition) is 3. The molecule has 1 aromatic heterocycles. The van der Waals surface area contributed by atoms with Gasteiger partial charge in [-0.1, -0.05) is 0 Å². The molecule has 1 amide bonds. The number of aromatic hydroxyl groups is 1. The predicted octanol–water partition coefficient (Wildman–Crippen LogP) is 2.39. The van der Waals surface area contributed by atoms with Crippen molar-refractivity contribution in [3.8, 4) is 5.75 Å². The Bertz CT molecular complexity index is 642. The first-order valence-electron chi connectivity index (χ1n) is 6.60. The van der Waals surface area contributed by atoms with E-state index in [-0.39, 0.29) is 11.7 Å². The Balaban J connectivity index is 1.90. The average molecular weight is 271 g/mol. The van der Waals surface area contributed by atoms with Gasteiger partial charge in [0.05, 0.1) is 5.69 Å². The quantitative estimate of drug-likeness (QED) is 0.900. The summed E-state index contributed by atoms with van der Waals surface area (Å²) in [7, 11) is 1.72. The maximum Gasteiger partial charge on any atom is 0.274 e. The third-order valence-corrected chi connectivity index (χ3v) is 3.57. The van der Waals surface area contributed by atoms with Crippen molar-refractivity contribution in [3.05, 3.63) is 42.2 Å². The van der Waals surface area contributed by atoms with Crippen LogP contribution < -0.4 is 10.6 Å². The van der Waals surface area contributed by atoms with Crippen molar-refractivity contribution in [3.63, 3.8) is 0 Å². The molecular weight excluding hydrogens is 254 g/mol. The summed E-state index contributed by atoms with van der Waals surface area (Å²) in [6, 6.07) is 8.67. The number of nitrogens with zero attached hydrogens (tertiary/aromatic N) is 2. The van der Waals surface area contributed by atoms with Crippen LogP contribution >= 0.6 is 0 Å². The predicted molar refractivity (Wildman–Crippen MR) is 78.0 cm³/mol. The molecule has 1 aromatic carbocycles. The minimum Gasteiger partial charge on any atom is -0.508 e. The van der Waals surface area contributed by atoms with E-state index in [0.717, 1.165) is 18.5 Å². The van der Waals surface area contributed by atoms with E-state index in [1.54, 1.807) is 42.3 Å². The Morgan fingerprint density at radius 1 is 1.35 bits per heavy atom. The van der Waals surface area contributed by atoms with E-state index in [9.17, 15) is 9.90 Å². The number of phenolic OH excluding ortho intramolecular Hbond substituents is 1. The normalized spacial score (nSPS) is 14.2. The largest absolute Gasteiger partial charge is 0.508 e. The van der Waals surface area contributed by atoms with Crippen LogP contribution in [-0.4, -0.2) is 22.6 Å². The van der Waals surface area contributed by atoms with E-state index < -0.39 is 0 Å². The molecule has 0 aliphatic heterocycles. The fourth-order valence-corrected chi connectivity index (χ4v) is 2.29. The van der Waals surface area contributed by atoms with Crippen molar-refractivity contribution in [2.24, 2.45) is 0 Å². The molecule has 1 aliphatic carbocycles. The first-order chi connectivity index (χ1) is 9.56. The molecule has 0 atom stereocenters. The summed E-state index contributed by atoms with van der Waals surface area (Å²) >= 11 is 0. The molecule has 2 aromatic rings. The van der Waals surface area contributed by atoms with Crippen LogP contribution in [0.15, 0.2) is 36.5 Å². The number of nitrogens with two attached hydrogens (primary N) is 1. The van der Waals surface area contributed by atoms with Crippen LogP contribution in [0.4, 0.5) is 11.4 Å². The molecule has 5 heteroatoms. The highest BCUT2D eigenvalue weighted by molar-refractivity contribution is 6.05. The van der Waals surface area contributed by atoms with Crippen molar-refractivity contribution in [2.45, 2.75) is 18.9 Å². The lowest BCUT2D eigenvalue weighted by atomic mass is 10.2. The molecule has 20 heavy (non-hydrogen) atoms. The monoisotopic (exact) mass is 271 g/mol. The van der Waals surface area contributed by atoms with Crippen LogP contribution in [0.25, 0.3) is 0 Å². The van der Waals surface area contributed by atoms with Gasteiger partial charge >= 0.3 is 0 Å². The molecular formula is C15H17N3O2. The zero-order valence-corrected chi connectivity index (χ0v) is 11.3. The molecule has 104 valence electrons. The third-order valence-electron chi connectivity index (χ3n) is 3.57. The molecule has 3 N–H and O–H groups in total. The van der Waals surface area contributed by atoms with Crippen LogP contribution in [0.3, 0.4) is 0 Å². The van der Waals surface area contributed by atoms with Gasteiger partial charge in [0.25, 0.3) is 5.91 Å². The standard InChI is InChI=1S/C15H17N3O2/c1-17(11-4-6-13(19)7-5-11)15(20)14-8-10(16)9-18(14)12-2-3-12/h4-9,12,19H,2-3,16H2,1H3. The van der Waals surface area contributed by atoms with Gasteiger partial charge in [0, 0.05) is 25.0 Å². The second kappa shape index (κ2) is 4.59. The van der Waals surface area contributed by atoms with Gasteiger partial charge in [0.1, 0.15) is 11.4 Å². The van der Waals surface area contributed by atoms with Crippen LogP contribution in [0.5, 0.6) is 5.75 Å². The van der Waals surface area contributed by atoms with Gasteiger partial charge in [-0.3, -0.25) is 4.79 Å². The van der Waals surface area contributed by atoms with Crippen LogP contribution in [0.2, 0.25) is 0 Å². The Morgan fingerprint density at radius 3 is 2.60 bits per heavy atom. The highest BCUT2D eigenvalue weighted by Crippen LogP contribution is 2.37. The summed E-state index contributed by atoms with van der Waals surface area (Å²) in [4.78, 5) is 14.1. The molecule has 0 radical (unpaired) electrons. The Hall–Kier alpha value is -2.43. The number of carbonyl (C=O) groups excluding carboxylic acids is 1. The van der Waals surface area contributed by atoms with Crippen LogP contribution in [-0.2, 0) is 0 Å². The molecule has 1 saturated carbocycles. The summed E-state index contributed by atoms with van der Waals surface area (Å²) in [5.74, 6) is 0.0829. The number of nitrogen functional groups attached to an aromatic ring is 1. The minimum absolute atomic E-state index is 0.0979. The van der Waals surface area contributed by atoms with Crippen LogP contribution in [0, 0.1) is 0 Å². The molecule has 0 unspecified atom stereocenters. The lowest BCUT2D eigenvalue weighted by Crippen LogP contribution is -2.28. The minimum atomic E-state index is -0.0979. The zero-order valence-electron chi connectivity index (χ0n) is 11.3. The highest BCUT2D eigenvalue weighted by Gasteiger charge is 2.29. The lowest BCUT2D eigenvalue weighted by Gasteiger charge is -2.18. The van der Waals surface area contributed by atoms with Gasteiger partial charge in [-0.2, -0.15) is 0 Å². The summed E-state index contributed by atoms with van der Waals surface area (Å²) in [5.41, 5.74) is 7.77. The SMILES string of the molecule is CN(C(=O)c1cc(N)cn1C1CC1)c1ccc(O)cc1. The molecule has 1 aliphatic rings. The fraction of sp³-hybridized carbons (Fsp3) is 0.267. The van der Waals surface area contributed by atoms with Gasteiger partial charge in [-0.15, -0.1) is 0 Å². The summed E-state index contributed by atoms with van der Waals surface area (Å²) in [6.07, 6.45) is 4.02. The number of aromatic nitrogens is 1. The number of phenols is 1. The second-order valence-corrected chi connectivity index (χ2v) is 5.18. The van der Waals surface area contributed by atoms with E-state index in [2.05, 4.69) is 0 Å². The zero-order chi connectivity index (χ0) is 14.3. The number of carbonyl (C=O) groups is 1. The van der Waals surface area contributed by atoms with Gasteiger partial charge in [0.15, 0.2) is 0 Å². The Labute approximate surface area is 117 Å². The van der Waals surface area contributed by atoms with Crippen molar-refractivity contribution < 1.29 is 9.90 Å². The second-order valence-electron chi connectivity index (χ2n) is 5.18. The van der Waals surface area contributed by atoms with E-state index in [1.807, 2.05) is 10.8 Å². The Kier molecular flexibility index (Phi) is 2.89. The van der Waals surface area contributed by atoms with Crippen molar-refractivity contribution in [1.82, 2.24) is 4.57 Å². The average Bonchev–Trinajstić information content (AvgIpc) is 3.21. The van der Waals surface area contributed by atoms with Crippen molar-refractivity contribution >= 4 is 17.3 Å². The number of amides is 1. The summed E-state index contributed by atoms with van der Waals surface area (Å²) in [5, 5.41) is 9.30. The molecule has 1 fully saturated rings. The van der Waals surface area contributed by atoms with E-state index in [1.165, 1.54) is 0 Å². The first-order valence-corrected chi connectivity index (χ1v) is 6.60. The summed E-state index contributed by atoms with van der Waals surface area (Å²) in [6.45, 7) is 0. The molecule has 5 nitrogen and oxygen atoms in total. The number of anilines is 2. The van der Waals surface area contributed by atoms with E-state index in [0.29, 0.717) is 17.4 Å². The van der Waals surface area contributed by atoms with E-state index >= 15 is 0 Å². The van der Waals surface area contributed by atoms with Gasteiger partial charge in [0.2, 0.25) is 0 Å². The highest BCUT2D eigenvalue weighted by atomic mass is 16.3. The fourth-order valence-electron chi connectivity index (χ4n) is 2.29. The molecule has 0 saturated heterocycles. The van der Waals surface area contributed by atoms with Crippen molar-refractivity contribution in [2.75, 3.05) is 17.7 Å². The lowest BCUT2D eigenvalue weighted by molar-refractivity contribution is 0.0984. The topological polar surface area (TPSA) is 71.5 Å². The molecule has 1 heterocycles. The van der Waals surface area contributed by atoms with Crippen LogP contribution in [0.1, 0.15) is 29.4 Å². The molecule has 0 bridgehead atoms. The van der Waals surface area contributed by atoms with Crippen molar-refractivity contribution in [1.29, 1.82) is 0 Å². The number of benzene rings is 1. The maximum absolute atomic E-state index is 12.6. The van der Waals surface area contributed by atoms with Gasteiger partial charge < -0.3 is 20.3 Å². The smallest absolute Gasteiger partial charge is 0.274 e. The number of hydrogen-bond donors (Lipinski definition) is 2. The van der Waals surface area contributed by atoms with Gasteiger partial charge in [-0.05, 0) is 43.2 Å². The maximum atomic E-state index is 12.6. The molecule has 3 rings (SSSR count). The summed E-state index contributed by atoms with van der Waals surface area (Å²) < 4.78 is 1.97. The number of rotatable bonds is 3. The first kappa shape index (κ1) is 12.6. The molecule has 0 spiro atoms.